The first kappa shape index (κ1) is 16.1. The Hall–Kier alpha value is -1.72. The second kappa shape index (κ2) is 6.06. The van der Waals surface area contributed by atoms with Crippen molar-refractivity contribution in [1.82, 2.24) is 0 Å². The van der Waals surface area contributed by atoms with Gasteiger partial charge in [0.05, 0.1) is 10.6 Å². The van der Waals surface area contributed by atoms with Gasteiger partial charge in [-0.25, -0.2) is 0 Å². The summed E-state index contributed by atoms with van der Waals surface area (Å²) in [5.74, 6) is 0.413. The van der Waals surface area contributed by atoms with Gasteiger partial charge < -0.3 is 10.5 Å². The standard InChI is InChI=1S/C17H15ClF3NO/c18-14-8-6-10-5-7-11(9-22)23-16(10)15(14)12-3-1-2-4-13(12)17(19,20)21/h1-4,6,8,11H,5,7,9,22H2/t11-/m1/s1. The normalized spacial score (nSPS) is 17.5. The number of rotatable bonds is 2. The average molecular weight is 342 g/mol. The molecule has 0 aromatic heterocycles. The fourth-order valence-electron chi connectivity index (χ4n) is 2.84. The van der Waals surface area contributed by atoms with Crippen molar-refractivity contribution < 1.29 is 17.9 Å². The summed E-state index contributed by atoms with van der Waals surface area (Å²) in [7, 11) is 0. The van der Waals surface area contributed by atoms with Crippen molar-refractivity contribution in [3.8, 4) is 16.9 Å². The quantitative estimate of drug-likeness (QED) is 0.861. The van der Waals surface area contributed by atoms with E-state index < -0.39 is 11.7 Å². The summed E-state index contributed by atoms with van der Waals surface area (Å²) in [5, 5.41) is 0.234. The third kappa shape index (κ3) is 3.03. The molecule has 0 fully saturated rings. The maximum Gasteiger partial charge on any atom is 0.417 e. The van der Waals surface area contributed by atoms with E-state index in [4.69, 9.17) is 22.1 Å². The van der Waals surface area contributed by atoms with E-state index in [0.717, 1.165) is 18.1 Å². The van der Waals surface area contributed by atoms with Crippen LogP contribution in [-0.2, 0) is 12.6 Å². The van der Waals surface area contributed by atoms with Crippen LogP contribution in [0.4, 0.5) is 13.2 Å². The van der Waals surface area contributed by atoms with Crippen LogP contribution in [0, 0.1) is 0 Å². The topological polar surface area (TPSA) is 35.2 Å². The molecule has 1 aliphatic rings. The van der Waals surface area contributed by atoms with Crippen LogP contribution < -0.4 is 10.5 Å². The van der Waals surface area contributed by atoms with Crippen molar-refractivity contribution in [2.75, 3.05) is 6.54 Å². The highest BCUT2D eigenvalue weighted by Gasteiger charge is 2.35. The molecule has 2 N–H and O–H groups in total. The van der Waals surface area contributed by atoms with E-state index in [9.17, 15) is 13.2 Å². The molecule has 0 saturated carbocycles. The van der Waals surface area contributed by atoms with Gasteiger partial charge in [-0.1, -0.05) is 35.9 Å². The summed E-state index contributed by atoms with van der Waals surface area (Å²) in [6.45, 7) is 0.312. The molecular formula is C17H15ClF3NO. The Balaban J connectivity index is 2.22. The van der Waals surface area contributed by atoms with Crippen molar-refractivity contribution in [3.63, 3.8) is 0 Å². The van der Waals surface area contributed by atoms with Crippen LogP contribution in [0.15, 0.2) is 36.4 Å². The molecule has 2 nitrogen and oxygen atoms in total. The Labute approximate surface area is 137 Å². The third-order valence-corrected chi connectivity index (χ3v) is 4.29. The minimum atomic E-state index is -4.47. The zero-order valence-corrected chi connectivity index (χ0v) is 12.9. The first-order valence-electron chi connectivity index (χ1n) is 7.26. The first-order chi connectivity index (χ1) is 10.9. The maximum absolute atomic E-state index is 13.3. The van der Waals surface area contributed by atoms with Crippen LogP contribution >= 0.6 is 11.6 Å². The number of hydrogen-bond donors (Lipinski definition) is 1. The van der Waals surface area contributed by atoms with E-state index in [0.29, 0.717) is 18.7 Å². The predicted octanol–water partition coefficient (Wildman–Crippen LogP) is 4.68. The number of ether oxygens (including phenoxy) is 1. The monoisotopic (exact) mass is 341 g/mol. The second-order valence-electron chi connectivity index (χ2n) is 5.47. The Kier molecular flexibility index (Phi) is 4.25. The van der Waals surface area contributed by atoms with E-state index in [2.05, 4.69) is 0 Å². The van der Waals surface area contributed by atoms with Crippen molar-refractivity contribution in [1.29, 1.82) is 0 Å². The van der Waals surface area contributed by atoms with Crippen molar-refractivity contribution in [3.05, 3.63) is 52.5 Å². The summed E-state index contributed by atoms with van der Waals surface area (Å²) in [6, 6.07) is 8.80. The largest absolute Gasteiger partial charge is 0.488 e. The van der Waals surface area contributed by atoms with Crippen molar-refractivity contribution >= 4 is 11.6 Å². The van der Waals surface area contributed by atoms with Crippen LogP contribution in [0.2, 0.25) is 5.02 Å². The fourth-order valence-corrected chi connectivity index (χ4v) is 3.09. The lowest BCUT2D eigenvalue weighted by atomic mass is 9.93. The maximum atomic E-state index is 13.3. The number of nitrogens with two attached hydrogens (primary N) is 1. The second-order valence-corrected chi connectivity index (χ2v) is 5.88. The summed E-state index contributed by atoms with van der Waals surface area (Å²) < 4.78 is 45.8. The molecule has 0 aliphatic carbocycles. The summed E-state index contributed by atoms with van der Waals surface area (Å²) in [4.78, 5) is 0. The Morgan fingerprint density at radius 1 is 1.17 bits per heavy atom. The zero-order chi connectivity index (χ0) is 16.6. The summed E-state index contributed by atoms with van der Waals surface area (Å²) >= 11 is 6.23. The molecule has 0 unspecified atom stereocenters. The zero-order valence-electron chi connectivity index (χ0n) is 12.2. The smallest absolute Gasteiger partial charge is 0.417 e. The molecule has 122 valence electrons. The van der Waals surface area contributed by atoms with Gasteiger partial charge in [-0.15, -0.1) is 0 Å². The van der Waals surface area contributed by atoms with Crippen LogP contribution in [0.1, 0.15) is 17.5 Å². The molecule has 0 saturated heterocycles. The minimum Gasteiger partial charge on any atom is -0.488 e. The molecule has 0 radical (unpaired) electrons. The molecule has 1 aliphatic heterocycles. The molecule has 6 heteroatoms. The number of hydrogen-bond acceptors (Lipinski definition) is 2. The van der Waals surface area contributed by atoms with Gasteiger partial charge in [0, 0.05) is 12.1 Å². The SMILES string of the molecule is NC[C@H]1CCc2ccc(Cl)c(-c3ccccc3C(F)(F)F)c2O1. The Morgan fingerprint density at radius 3 is 2.61 bits per heavy atom. The number of halogens is 4. The van der Waals surface area contributed by atoms with Crippen molar-refractivity contribution in [2.24, 2.45) is 5.73 Å². The van der Waals surface area contributed by atoms with E-state index in [1.807, 2.05) is 0 Å². The van der Waals surface area contributed by atoms with E-state index >= 15 is 0 Å². The van der Waals surface area contributed by atoms with Gasteiger partial charge in [0.25, 0.3) is 0 Å². The van der Waals surface area contributed by atoms with Crippen LogP contribution in [0.25, 0.3) is 11.1 Å². The summed E-state index contributed by atoms with van der Waals surface area (Å²) in [6.07, 6.45) is -3.23. The van der Waals surface area contributed by atoms with Crippen LogP contribution in [-0.4, -0.2) is 12.6 Å². The Bertz CT molecular complexity index is 730. The molecule has 1 atom stereocenters. The number of aryl methyl sites for hydroxylation is 1. The molecule has 3 rings (SSSR count). The number of fused-ring (bicyclic) bond motifs is 1. The van der Waals surface area contributed by atoms with Gasteiger partial charge in [0.15, 0.2) is 0 Å². The highest BCUT2D eigenvalue weighted by Crippen LogP contribution is 2.46. The van der Waals surface area contributed by atoms with Gasteiger partial charge in [-0.2, -0.15) is 13.2 Å². The molecule has 0 spiro atoms. The average Bonchev–Trinajstić information content (AvgIpc) is 2.53. The van der Waals surface area contributed by atoms with Crippen LogP contribution in [0.5, 0.6) is 5.75 Å². The van der Waals surface area contributed by atoms with Gasteiger partial charge in [0.1, 0.15) is 11.9 Å². The molecule has 0 bridgehead atoms. The van der Waals surface area contributed by atoms with Gasteiger partial charge in [-0.3, -0.25) is 0 Å². The number of benzene rings is 2. The molecule has 1 heterocycles. The molecule has 0 amide bonds. The van der Waals surface area contributed by atoms with Crippen molar-refractivity contribution in [2.45, 2.75) is 25.1 Å². The molecule has 2 aromatic rings. The number of alkyl halides is 3. The van der Waals surface area contributed by atoms with Gasteiger partial charge in [0.2, 0.25) is 0 Å². The molecular weight excluding hydrogens is 327 g/mol. The van der Waals surface area contributed by atoms with Crippen LogP contribution in [0.3, 0.4) is 0 Å². The summed E-state index contributed by atoms with van der Waals surface area (Å²) in [5.41, 5.74) is 6.09. The fraction of sp³-hybridized carbons (Fsp3) is 0.294. The van der Waals surface area contributed by atoms with Gasteiger partial charge in [-0.05, 0) is 36.1 Å². The van der Waals surface area contributed by atoms with E-state index in [1.54, 1.807) is 18.2 Å². The lowest BCUT2D eigenvalue weighted by Crippen LogP contribution is -2.30. The highest BCUT2D eigenvalue weighted by atomic mass is 35.5. The first-order valence-corrected chi connectivity index (χ1v) is 7.64. The van der Waals surface area contributed by atoms with E-state index in [1.165, 1.54) is 12.1 Å². The van der Waals surface area contributed by atoms with Gasteiger partial charge >= 0.3 is 6.18 Å². The van der Waals surface area contributed by atoms with E-state index in [-0.39, 0.29) is 22.3 Å². The third-order valence-electron chi connectivity index (χ3n) is 3.97. The lowest BCUT2D eigenvalue weighted by Gasteiger charge is -2.28. The predicted molar refractivity (Wildman–Crippen MR) is 83.7 cm³/mol. The molecule has 2 aromatic carbocycles. The minimum absolute atomic E-state index is 0.0273. The molecule has 23 heavy (non-hydrogen) atoms. The lowest BCUT2D eigenvalue weighted by molar-refractivity contribution is -0.137. The Morgan fingerprint density at radius 2 is 1.91 bits per heavy atom. The highest BCUT2D eigenvalue weighted by molar-refractivity contribution is 6.33.